The van der Waals surface area contributed by atoms with Gasteiger partial charge in [-0.1, -0.05) is 0 Å². The van der Waals surface area contributed by atoms with Crippen molar-refractivity contribution in [1.82, 2.24) is 4.98 Å². The summed E-state index contributed by atoms with van der Waals surface area (Å²) in [6, 6.07) is 7.61. The van der Waals surface area contributed by atoms with Crippen molar-refractivity contribution >= 4 is 27.5 Å². The van der Waals surface area contributed by atoms with E-state index in [2.05, 4.69) is 26.2 Å². The summed E-state index contributed by atoms with van der Waals surface area (Å²) in [7, 11) is 0. The monoisotopic (exact) mass is 364 g/mol. The Bertz CT molecular complexity index is 704. The first-order valence-corrected chi connectivity index (χ1v) is 7.76. The average Bonchev–Trinajstić information content (AvgIpc) is 3.30. The third-order valence-corrected chi connectivity index (χ3v) is 3.78. The second-order valence-corrected chi connectivity index (χ2v) is 6.03. The van der Waals surface area contributed by atoms with Crippen LogP contribution in [0.15, 0.2) is 41.1 Å². The van der Waals surface area contributed by atoms with E-state index < -0.39 is 5.82 Å². The smallest absolute Gasteiger partial charge is 0.255 e. The quantitative estimate of drug-likeness (QED) is 0.815. The number of rotatable bonds is 5. The van der Waals surface area contributed by atoms with E-state index in [1.54, 1.807) is 18.2 Å². The summed E-state index contributed by atoms with van der Waals surface area (Å²) in [4.78, 5) is 16.0. The third kappa shape index (κ3) is 3.82. The van der Waals surface area contributed by atoms with Gasteiger partial charge in [-0.2, -0.15) is 0 Å². The Morgan fingerprint density at radius 2 is 2.18 bits per heavy atom. The van der Waals surface area contributed by atoms with E-state index in [0.29, 0.717) is 28.4 Å². The van der Waals surface area contributed by atoms with E-state index in [1.807, 2.05) is 0 Å². The molecule has 6 heteroatoms. The number of pyridine rings is 1. The van der Waals surface area contributed by atoms with E-state index in [9.17, 15) is 9.18 Å². The lowest BCUT2D eigenvalue weighted by atomic mass is 10.2. The molecular weight excluding hydrogens is 351 g/mol. The largest absolute Gasteiger partial charge is 0.490 e. The summed E-state index contributed by atoms with van der Waals surface area (Å²) in [6.07, 6.45) is 3.82. The van der Waals surface area contributed by atoms with Crippen LogP contribution in [-0.4, -0.2) is 17.5 Å². The molecule has 4 nitrogen and oxygen atoms in total. The summed E-state index contributed by atoms with van der Waals surface area (Å²) in [5.41, 5.74) is 0.825. The normalized spacial score (nSPS) is 13.7. The molecule has 1 saturated carbocycles. The van der Waals surface area contributed by atoms with Crippen molar-refractivity contribution in [3.63, 3.8) is 0 Å². The lowest BCUT2D eigenvalue weighted by Crippen LogP contribution is -2.12. The number of carbonyl (C=O) groups excluding carboxylic acids is 1. The van der Waals surface area contributed by atoms with Gasteiger partial charge in [0.15, 0.2) is 11.6 Å². The van der Waals surface area contributed by atoms with Gasteiger partial charge in [0.1, 0.15) is 4.60 Å². The predicted molar refractivity (Wildman–Crippen MR) is 84.5 cm³/mol. The Hall–Kier alpha value is -1.95. The Labute approximate surface area is 135 Å². The number of aromatic nitrogens is 1. The molecule has 0 atom stereocenters. The molecule has 1 amide bonds. The Kier molecular flexibility index (Phi) is 4.38. The summed E-state index contributed by atoms with van der Waals surface area (Å²) in [5, 5.41) is 2.65. The predicted octanol–water partition coefficient (Wildman–Crippen LogP) is 4.02. The van der Waals surface area contributed by atoms with Gasteiger partial charge in [-0.05, 0) is 59.0 Å². The number of anilines is 1. The van der Waals surface area contributed by atoms with Crippen LogP contribution in [0.2, 0.25) is 0 Å². The van der Waals surface area contributed by atoms with E-state index in [-0.39, 0.29) is 11.7 Å². The number of halogens is 2. The van der Waals surface area contributed by atoms with Gasteiger partial charge in [0.25, 0.3) is 5.91 Å². The molecule has 3 rings (SSSR count). The minimum absolute atomic E-state index is 0.219. The number of carbonyl (C=O) groups is 1. The first-order chi connectivity index (χ1) is 10.6. The molecular formula is C16H14BrFN2O2. The van der Waals surface area contributed by atoms with Crippen molar-refractivity contribution in [3.05, 3.63) is 52.5 Å². The maximum absolute atomic E-state index is 13.9. The van der Waals surface area contributed by atoms with Crippen LogP contribution in [-0.2, 0) is 0 Å². The third-order valence-electron chi connectivity index (χ3n) is 3.35. The molecule has 1 N–H and O–H groups in total. The molecule has 1 fully saturated rings. The summed E-state index contributed by atoms with van der Waals surface area (Å²) in [6.45, 7) is 0.549. The highest BCUT2D eigenvalue weighted by atomic mass is 79.9. The number of nitrogens with one attached hydrogen (secondary N) is 1. The summed E-state index contributed by atoms with van der Waals surface area (Å²) in [5.74, 6) is -0.0241. The van der Waals surface area contributed by atoms with Crippen LogP contribution in [0.1, 0.15) is 23.2 Å². The molecule has 0 radical (unpaired) electrons. The van der Waals surface area contributed by atoms with Crippen molar-refractivity contribution in [2.24, 2.45) is 5.92 Å². The fourth-order valence-electron chi connectivity index (χ4n) is 1.93. The van der Waals surface area contributed by atoms with Gasteiger partial charge in [0.05, 0.1) is 6.61 Å². The molecule has 22 heavy (non-hydrogen) atoms. The van der Waals surface area contributed by atoms with E-state index in [1.165, 1.54) is 18.3 Å². The fraction of sp³-hybridized carbons (Fsp3) is 0.250. The van der Waals surface area contributed by atoms with Crippen molar-refractivity contribution in [1.29, 1.82) is 0 Å². The topological polar surface area (TPSA) is 51.2 Å². The summed E-state index contributed by atoms with van der Waals surface area (Å²) >= 11 is 3.20. The molecule has 1 heterocycles. The van der Waals surface area contributed by atoms with Crippen molar-refractivity contribution in [3.8, 4) is 5.75 Å². The van der Waals surface area contributed by atoms with Crippen LogP contribution < -0.4 is 10.1 Å². The van der Waals surface area contributed by atoms with Crippen LogP contribution in [0.5, 0.6) is 5.75 Å². The Balaban J connectivity index is 1.66. The SMILES string of the molecule is O=C(Nc1ccc(OCC2CC2)c(F)c1)c1ccnc(Br)c1. The van der Waals surface area contributed by atoms with Crippen LogP contribution in [0.4, 0.5) is 10.1 Å². The zero-order valence-corrected chi connectivity index (χ0v) is 13.3. The Morgan fingerprint density at radius 3 is 2.86 bits per heavy atom. The highest BCUT2D eigenvalue weighted by Gasteiger charge is 2.22. The van der Waals surface area contributed by atoms with Gasteiger partial charge in [-0.25, -0.2) is 9.37 Å². The van der Waals surface area contributed by atoms with Gasteiger partial charge >= 0.3 is 0 Å². The van der Waals surface area contributed by atoms with E-state index in [0.717, 1.165) is 12.8 Å². The molecule has 1 aromatic heterocycles. The molecule has 0 saturated heterocycles. The fourth-order valence-corrected chi connectivity index (χ4v) is 2.30. The highest BCUT2D eigenvalue weighted by Crippen LogP contribution is 2.30. The van der Waals surface area contributed by atoms with Crippen molar-refractivity contribution in [2.45, 2.75) is 12.8 Å². The second-order valence-electron chi connectivity index (χ2n) is 5.22. The summed E-state index contributed by atoms with van der Waals surface area (Å²) < 4.78 is 19.9. The number of amides is 1. The van der Waals surface area contributed by atoms with Gasteiger partial charge < -0.3 is 10.1 Å². The molecule has 0 bridgehead atoms. The van der Waals surface area contributed by atoms with E-state index in [4.69, 9.17) is 4.74 Å². The zero-order chi connectivity index (χ0) is 15.5. The molecule has 0 aliphatic heterocycles. The standard InChI is InChI=1S/C16H14BrFN2O2/c17-15-7-11(5-6-19-15)16(21)20-12-3-4-14(13(18)8-12)22-9-10-1-2-10/h3-8,10H,1-2,9H2,(H,20,21). The molecule has 114 valence electrons. The van der Waals surface area contributed by atoms with Crippen LogP contribution in [0.3, 0.4) is 0 Å². The van der Waals surface area contributed by atoms with Crippen LogP contribution in [0.25, 0.3) is 0 Å². The molecule has 1 aliphatic carbocycles. The van der Waals surface area contributed by atoms with Gasteiger partial charge in [0, 0.05) is 23.5 Å². The van der Waals surface area contributed by atoms with E-state index >= 15 is 0 Å². The van der Waals surface area contributed by atoms with Gasteiger partial charge in [-0.15, -0.1) is 0 Å². The minimum Gasteiger partial charge on any atom is -0.490 e. The van der Waals surface area contributed by atoms with Gasteiger partial charge in [-0.3, -0.25) is 4.79 Å². The number of ether oxygens (including phenoxy) is 1. The molecule has 2 aromatic rings. The lowest BCUT2D eigenvalue weighted by Gasteiger charge is -2.09. The van der Waals surface area contributed by atoms with Crippen molar-refractivity contribution in [2.75, 3.05) is 11.9 Å². The van der Waals surface area contributed by atoms with Crippen LogP contribution in [0, 0.1) is 11.7 Å². The number of benzene rings is 1. The molecule has 1 aliphatic rings. The van der Waals surface area contributed by atoms with Crippen molar-refractivity contribution < 1.29 is 13.9 Å². The molecule has 1 aromatic carbocycles. The molecule has 0 unspecified atom stereocenters. The zero-order valence-electron chi connectivity index (χ0n) is 11.7. The average molecular weight is 365 g/mol. The van der Waals surface area contributed by atoms with Gasteiger partial charge in [0.2, 0.25) is 0 Å². The Morgan fingerprint density at radius 1 is 1.36 bits per heavy atom. The maximum Gasteiger partial charge on any atom is 0.255 e. The van der Waals surface area contributed by atoms with Crippen LogP contribution >= 0.6 is 15.9 Å². The highest BCUT2D eigenvalue weighted by molar-refractivity contribution is 9.10. The first kappa shape index (κ1) is 15.0. The number of nitrogens with zero attached hydrogens (tertiary/aromatic N) is 1. The number of hydrogen-bond acceptors (Lipinski definition) is 3. The number of hydrogen-bond donors (Lipinski definition) is 1. The maximum atomic E-state index is 13.9. The minimum atomic E-state index is -0.477. The second kappa shape index (κ2) is 6.44. The first-order valence-electron chi connectivity index (χ1n) is 6.97. The lowest BCUT2D eigenvalue weighted by molar-refractivity contribution is 0.102. The molecule has 0 spiro atoms.